The number of carbonyl (C=O) groups is 1. The van der Waals surface area contributed by atoms with E-state index in [1.54, 1.807) is 0 Å². The van der Waals surface area contributed by atoms with Gasteiger partial charge in [0.1, 0.15) is 11.4 Å². The number of aryl methyl sites for hydroxylation is 2. The Labute approximate surface area is 281 Å². The summed E-state index contributed by atoms with van der Waals surface area (Å²) in [5.74, 6) is -0.818. The molecule has 1 aliphatic carbocycles. The summed E-state index contributed by atoms with van der Waals surface area (Å²) in [5.41, 5.74) is 8.81. The minimum atomic E-state index is -0.896. The Balaban J connectivity index is 1.42. The third kappa shape index (κ3) is 7.71. The van der Waals surface area contributed by atoms with Gasteiger partial charge in [0.15, 0.2) is 5.79 Å². The molecule has 9 nitrogen and oxygen atoms in total. The Kier molecular flexibility index (Phi) is 9.33. The topological polar surface area (TPSA) is 112 Å². The van der Waals surface area contributed by atoms with Crippen molar-refractivity contribution in [1.82, 2.24) is 25.6 Å². The number of ether oxygens (including phenoxy) is 3. The maximum Gasteiger partial charge on any atom is 0.308 e. The van der Waals surface area contributed by atoms with Crippen LogP contribution in [0.3, 0.4) is 0 Å². The van der Waals surface area contributed by atoms with Gasteiger partial charge in [-0.1, -0.05) is 50.3 Å². The van der Waals surface area contributed by atoms with Gasteiger partial charge in [0.05, 0.1) is 24.3 Å². The fourth-order valence-corrected chi connectivity index (χ4v) is 6.73. The van der Waals surface area contributed by atoms with Crippen molar-refractivity contribution < 1.29 is 23.4 Å². The number of nitrogens with one attached hydrogen (secondary N) is 1. The van der Waals surface area contributed by atoms with E-state index >= 15 is 0 Å². The molecule has 3 heterocycles. The minimum absolute atomic E-state index is 0.122. The Morgan fingerprint density at radius 1 is 1.08 bits per heavy atom. The average molecular weight is 654 g/mol. The number of aromatic amines is 1. The van der Waals surface area contributed by atoms with Crippen molar-refractivity contribution in [3.05, 3.63) is 88.0 Å². The van der Waals surface area contributed by atoms with Crippen LogP contribution < -0.4 is 0 Å². The lowest BCUT2D eigenvalue weighted by molar-refractivity contribution is -0.290. The Morgan fingerprint density at radius 3 is 2.52 bits per heavy atom. The molecular weight excluding hydrogens is 609 g/mol. The lowest BCUT2D eigenvalue weighted by Gasteiger charge is -2.40. The predicted octanol–water partition coefficient (Wildman–Crippen LogP) is 7.54. The largest absolute Gasteiger partial charge is 0.460 e. The molecule has 0 amide bonds. The molecular formula is C38H44FN5O4. The highest BCUT2D eigenvalue weighted by Gasteiger charge is 2.36. The van der Waals surface area contributed by atoms with Gasteiger partial charge in [0.2, 0.25) is 5.82 Å². The van der Waals surface area contributed by atoms with Gasteiger partial charge >= 0.3 is 5.97 Å². The van der Waals surface area contributed by atoms with Crippen LogP contribution in [0.2, 0.25) is 0 Å². The number of benzene rings is 2. The van der Waals surface area contributed by atoms with E-state index in [1.807, 2.05) is 58.9 Å². The third-order valence-corrected chi connectivity index (χ3v) is 8.61. The van der Waals surface area contributed by atoms with Crippen molar-refractivity contribution in [3.8, 4) is 22.5 Å². The van der Waals surface area contributed by atoms with Crippen molar-refractivity contribution in [2.24, 2.45) is 0 Å². The van der Waals surface area contributed by atoms with Gasteiger partial charge in [-0.15, -0.1) is 10.2 Å². The zero-order valence-electron chi connectivity index (χ0n) is 28.8. The number of rotatable bonds is 7. The van der Waals surface area contributed by atoms with E-state index in [0.29, 0.717) is 18.7 Å². The molecule has 48 heavy (non-hydrogen) atoms. The molecule has 0 spiro atoms. The van der Waals surface area contributed by atoms with Crippen LogP contribution in [0, 0.1) is 5.82 Å². The van der Waals surface area contributed by atoms with Crippen molar-refractivity contribution in [1.29, 1.82) is 0 Å². The normalized spacial score (nSPS) is 19.2. The Bertz CT molecular complexity index is 1810. The molecule has 0 unspecified atom stereocenters. The van der Waals surface area contributed by atoms with Crippen LogP contribution >= 0.6 is 0 Å². The van der Waals surface area contributed by atoms with Gasteiger partial charge in [-0.3, -0.25) is 9.78 Å². The average Bonchev–Trinajstić information content (AvgIpc) is 3.47. The first-order valence-electron chi connectivity index (χ1n) is 16.7. The quantitative estimate of drug-likeness (QED) is 0.204. The summed E-state index contributed by atoms with van der Waals surface area (Å²) in [6.45, 7) is 13.6. The maximum absolute atomic E-state index is 14.3. The number of halogens is 1. The first kappa shape index (κ1) is 33.6. The summed E-state index contributed by atoms with van der Waals surface area (Å²) in [4.78, 5) is 18.0. The van der Waals surface area contributed by atoms with Gasteiger partial charge in [-0.2, -0.15) is 5.21 Å². The summed E-state index contributed by atoms with van der Waals surface area (Å²) < 4.78 is 32.3. The third-order valence-electron chi connectivity index (χ3n) is 8.61. The fraction of sp³-hybridized carbons (Fsp3) is 0.447. The van der Waals surface area contributed by atoms with E-state index in [9.17, 15) is 9.18 Å². The standard InChI is InChI=1S/C38H44FN5O4/c1-22(2)35-30(16-15-28-20-29(47-38(6,7)46-28)21-33(45)48-37(3,4)5)34(24-10-13-27(39)14-11-24)31-19-26-18-25(36-41-43-44-42-36)9-8-23(26)12-17-32(31)40-35/h8-11,13-16,18,22,28-29H,12,17,19-21H2,1-7H3,(H,41,42,43,44)/b16-15+/t28-,29-/m1/s1. The summed E-state index contributed by atoms with van der Waals surface area (Å²) >= 11 is 0. The van der Waals surface area contributed by atoms with Crippen LogP contribution in [-0.2, 0) is 38.3 Å². The zero-order valence-corrected chi connectivity index (χ0v) is 28.8. The molecule has 2 aliphatic rings. The molecule has 1 fully saturated rings. The van der Waals surface area contributed by atoms with Crippen LogP contribution in [0.5, 0.6) is 0 Å². The Morgan fingerprint density at radius 2 is 1.83 bits per heavy atom. The molecule has 1 N–H and O–H groups in total. The van der Waals surface area contributed by atoms with Gasteiger partial charge < -0.3 is 14.2 Å². The molecule has 0 bridgehead atoms. The molecule has 1 aliphatic heterocycles. The fourth-order valence-electron chi connectivity index (χ4n) is 6.73. The first-order chi connectivity index (χ1) is 22.7. The molecule has 4 aromatic rings. The van der Waals surface area contributed by atoms with Crippen LogP contribution in [0.15, 0.2) is 48.5 Å². The van der Waals surface area contributed by atoms with E-state index in [2.05, 4.69) is 52.7 Å². The molecule has 2 aromatic heterocycles. The SMILES string of the molecule is CC(C)c1nc2c(c(-c3ccc(F)cc3)c1/C=C/[C@@H]1C[C@H](CC(=O)OC(C)(C)C)OC(C)(C)O1)Cc1cc(-c3nn[nH]n3)ccc1CC2. The highest BCUT2D eigenvalue weighted by Crippen LogP contribution is 2.40. The van der Waals surface area contributed by atoms with Gasteiger partial charge in [0.25, 0.3) is 0 Å². The number of pyridine rings is 1. The van der Waals surface area contributed by atoms with Gasteiger partial charge in [-0.25, -0.2) is 4.39 Å². The maximum atomic E-state index is 14.3. The van der Waals surface area contributed by atoms with Crippen LogP contribution in [0.4, 0.5) is 4.39 Å². The van der Waals surface area contributed by atoms with Crippen LogP contribution in [-0.4, -0.2) is 55.2 Å². The second-order valence-corrected chi connectivity index (χ2v) is 14.4. The molecule has 1 saturated heterocycles. The number of aromatic nitrogens is 5. The van der Waals surface area contributed by atoms with E-state index < -0.39 is 11.4 Å². The van der Waals surface area contributed by atoms with Crippen LogP contribution in [0.25, 0.3) is 28.6 Å². The predicted molar refractivity (Wildman–Crippen MR) is 181 cm³/mol. The lowest BCUT2D eigenvalue weighted by Crippen LogP contribution is -2.45. The molecule has 0 saturated carbocycles. The second-order valence-electron chi connectivity index (χ2n) is 14.4. The highest BCUT2D eigenvalue weighted by molar-refractivity contribution is 5.81. The smallest absolute Gasteiger partial charge is 0.308 e. The number of esters is 1. The highest BCUT2D eigenvalue weighted by atomic mass is 19.1. The minimum Gasteiger partial charge on any atom is -0.460 e. The second kappa shape index (κ2) is 13.3. The number of nitrogens with zero attached hydrogens (tertiary/aromatic N) is 4. The number of hydrogen-bond acceptors (Lipinski definition) is 8. The first-order valence-corrected chi connectivity index (χ1v) is 16.7. The lowest BCUT2D eigenvalue weighted by atomic mass is 9.86. The number of fused-ring (bicyclic) bond motifs is 2. The van der Waals surface area contributed by atoms with E-state index in [4.69, 9.17) is 19.2 Å². The van der Waals surface area contributed by atoms with Crippen molar-refractivity contribution in [2.45, 2.75) is 110 Å². The number of H-pyrrole nitrogens is 1. The van der Waals surface area contributed by atoms with E-state index in [1.165, 1.54) is 23.3 Å². The number of hydrogen-bond donors (Lipinski definition) is 1. The van der Waals surface area contributed by atoms with E-state index in [0.717, 1.165) is 52.0 Å². The monoisotopic (exact) mass is 653 g/mol. The van der Waals surface area contributed by atoms with Crippen molar-refractivity contribution in [3.63, 3.8) is 0 Å². The van der Waals surface area contributed by atoms with Crippen molar-refractivity contribution >= 4 is 12.0 Å². The van der Waals surface area contributed by atoms with E-state index in [-0.39, 0.29) is 36.3 Å². The van der Waals surface area contributed by atoms with Gasteiger partial charge in [0, 0.05) is 29.7 Å². The molecule has 6 rings (SSSR count). The van der Waals surface area contributed by atoms with Crippen LogP contribution in [0.1, 0.15) is 101 Å². The molecule has 0 radical (unpaired) electrons. The summed E-state index contributed by atoms with van der Waals surface area (Å²) in [6, 6.07) is 13.0. The molecule has 2 aromatic carbocycles. The summed E-state index contributed by atoms with van der Waals surface area (Å²) in [5, 5.41) is 14.7. The number of tetrazole rings is 1. The summed E-state index contributed by atoms with van der Waals surface area (Å²) in [6.07, 6.45) is 6.37. The Hall–Kier alpha value is -4.28. The molecule has 10 heteroatoms. The summed E-state index contributed by atoms with van der Waals surface area (Å²) in [7, 11) is 0. The van der Waals surface area contributed by atoms with Crippen molar-refractivity contribution in [2.75, 3.05) is 0 Å². The zero-order chi connectivity index (χ0) is 34.2. The number of carbonyl (C=O) groups excluding carboxylic acids is 1. The van der Waals surface area contributed by atoms with Gasteiger partial charge in [-0.05, 0) is 105 Å². The molecule has 2 atom stereocenters. The molecule has 252 valence electrons.